The first kappa shape index (κ1) is 20.8. The summed E-state index contributed by atoms with van der Waals surface area (Å²) >= 11 is 1.48. The van der Waals surface area contributed by atoms with Crippen LogP contribution in [0.15, 0.2) is 58.8 Å². The van der Waals surface area contributed by atoms with Gasteiger partial charge in [-0.2, -0.15) is 0 Å². The van der Waals surface area contributed by atoms with Gasteiger partial charge >= 0.3 is 0 Å². The lowest BCUT2D eigenvalue weighted by Crippen LogP contribution is -2.04. The molecular weight excluding hydrogens is 414 g/mol. The predicted molar refractivity (Wildman–Crippen MR) is 120 cm³/mol. The van der Waals surface area contributed by atoms with E-state index in [1.54, 1.807) is 21.3 Å². The molecule has 0 aliphatic heterocycles. The number of hydrogen-bond acceptors (Lipinski definition) is 8. The van der Waals surface area contributed by atoms with Crippen molar-refractivity contribution >= 4 is 28.7 Å². The van der Waals surface area contributed by atoms with Gasteiger partial charge in [0.05, 0.1) is 21.3 Å². The first-order valence-electron chi connectivity index (χ1n) is 9.63. The van der Waals surface area contributed by atoms with E-state index in [0.29, 0.717) is 40.8 Å². The minimum absolute atomic E-state index is 0.357. The highest BCUT2D eigenvalue weighted by molar-refractivity contribution is 7.99. The number of fused-ring (bicyclic) bond motifs is 1. The molecule has 0 aliphatic rings. The Hall–Kier alpha value is -3.46. The van der Waals surface area contributed by atoms with Gasteiger partial charge in [0.2, 0.25) is 5.75 Å². The summed E-state index contributed by atoms with van der Waals surface area (Å²) in [5, 5.41) is 0.757. The normalized spacial score (nSPS) is 10.9. The lowest BCUT2D eigenvalue weighted by molar-refractivity contribution is 0.323. The molecule has 0 fully saturated rings. The molecular formula is C22H23N5O3S. The Bertz CT molecular complexity index is 1170. The van der Waals surface area contributed by atoms with Crippen molar-refractivity contribution in [2.24, 2.45) is 0 Å². The molecule has 0 saturated carbocycles. The maximum atomic E-state index is 6.08. The second-order valence-corrected chi connectivity index (χ2v) is 7.72. The van der Waals surface area contributed by atoms with E-state index in [2.05, 4.69) is 26.7 Å². The second kappa shape index (κ2) is 9.13. The van der Waals surface area contributed by atoms with E-state index in [4.69, 9.17) is 24.9 Å². The quantitative estimate of drug-likeness (QED) is 0.444. The maximum Gasteiger partial charge on any atom is 0.203 e. The fourth-order valence-corrected chi connectivity index (χ4v) is 4.29. The van der Waals surface area contributed by atoms with Crippen molar-refractivity contribution in [3.63, 3.8) is 0 Å². The molecule has 2 aromatic heterocycles. The third kappa shape index (κ3) is 4.22. The number of methoxy groups -OCH3 is 3. The van der Waals surface area contributed by atoms with Crippen molar-refractivity contribution < 1.29 is 14.2 Å². The standard InChI is InChI=1S/C22H23N5O3S/c1-28-16-11-15(12-17(29-2)19(16)30-3)31-22-26-18-20(23)24-13-25-21(18)27(22)10-9-14-7-5-4-6-8-14/h4-8,11-13H,9-10H2,1-3H3,(H2,23,24,25). The fourth-order valence-electron chi connectivity index (χ4n) is 3.32. The number of imidazole rings is 1. The third-order valence-electron chi connectivity index (χ3n) is 4.84. The van der Waals surface area contributed by atoms with Crippen LogP contribution in [0.25, 0.3) is 11.2 Å². The van der Waals surface area contributed by atoms with E-state index in [0.717, 1.165) is 16.5 Å². The zero-order chi connectivity index (χ0) is 21.8. The molecule has 0 amide bonds. The summed E-state index contributed by atoms with van der Waals surface area (Å²) in [7, 11) is 4.77. The summed E-state index contributed by atoms with van der Waals surface area (Å²) in [4.78, 5) is 14.2. The van der Waals surface area contributed by atoms with E-state index in [1.807, 2.05) is 30.3 Å². The van der Waals surface area contributed by atoms with Gasteiger partial charge in [-0.25, -0.2) is 15.0 Å². The van der Waals surface area contributed by atoms with Crippen LogP contribution in [0.3, 0.4) is 0 Å². The van der Waals surface area contributed by atoms with Crippen molar-refractivity contribution in [2.75, 3.05) is 27.1 Å². The number of benzene rings is 2. The smallest absolute Gasteiger partial charge is 0.203 e. The van der Waals surface area contributed by atoms with Crippen LogP contribution in [0.1, 0.15) is 5.56 Å². The zero-order valence-electron chi connectivity index (χ0n) is 17.5. The third-order valence-corrected chi connectivity index (χ3v) is 5.81. The van der Waals surface area contributed by atoms with E-state index in [-0.39, 0.29) is 0 Å². The van der Waals surface area contributed by atoms with Crippen molar-refractivity contribution in [2.45, 2.75) is 23.0 Å². The molecule has 0 radical (unpaired) electrons. The summed E-state index contributed by atoms with van der Waals surface area (Å²) in [5.74, 6) is 2.06. The molecule has 4 rings (SSSR count). The van der Waals surface area contributed by atoms with E-state index >= 15 is 0 Å². The summed E-state index contributed by atoms with van der Waals surface area (Å²) in [6.07, 6.45) is 2.30. The number of nitrogens with zero attached hydrogens (tertiary/aromatic N) is 4. The molecule has 0 saturated heterocycles. The largest absolute Gasteiger partial charge is 0.493 e. The number of aromatic nitrogens is 4. The van der Waals surface area contributed by atoms with Crippen molar-refractivity contribution in [3.05, 3.63) is 54.4 Å². The predicted octanol–water partition coefficient (Wildman–Crippen LogP) is 3.83. The van der Waals surface area contributed by atoms with Crippen LogP contribution in [0.5, 0.6) is 17.2 Å². The Kier molecular flexibility index (Phi) is 6.13. The summed E-state index contributed by atoms with van der Waals surface area (Å²) in [6.45, 7) is 0.698. The van der Waals surface area contributed by atoms with Gasteiger partial charge in [-0.3, -0.25) is 0 Å². The second-order valence-electron chi connectivity index (χ2n) is 6.68. The molecule has 0 unspecified atom stereocenters. The molecule has 9 heteroatoms. The van der Waals surface area contributed by atoms with Gasteiger partial charge in [0.15, 0.2) is 33.6 Å². The van der Waals surface area contributed by atoms with Crippen LogP contribution in [0, 0.1) is 0 Å². The van der Waals surface area contributed by atoms with Gasteiger partial charge in [-0.1, -0.05) is 42.1 Å². The van der Waals surface area contributed by atoms with Crippen molar-refractivity contribution in [1.82, 2.24) is 19.5 Å². The Morgan fingerprint density at radius 1 is 0.968 bits per heavy atom. The molecule has 2 aromatic carbocycles. The molecule has 8 nitrogen and oxygen atoms in total. The molecule has 0 spiro atoms. The summed E-state index contributed by atoms with van der Waals surface area (Å²) < 4.78 is 18.5. The van der Waals surface area contributed by atoms with Crippen LogP contribution in [-0.2, 0) is 13.0 Å². The Morgan fingerprint density at radius 2 is 1.68 bits per heavy atom. The molecule has 31 heavy (non-hydrogen) atoms. The first-order chi connectivity index (χ1) is 15.1. The average Bonchev–Trinajstić information content (AvgIpc) is 3.15. The lowest BCUT2D eigenvalue weighted by atomic mass is 10.1. The first-order valence-corrected chi connectivity index (χ1v) is 10.4. The van der Waals surface area contributed by atoms with Gasteiger partial charge < -0.3 is 24.5 Å². The number of aryl methyl sites for hydroxylation is 2. The highest BCUT2D eigenvalue weighted by Gasteiger charge is 2.19. The molecule has 0 bridgehead atoms. The van der Waals surface area contributed by atoms with Gasteiger partial charge in [0.1, 0.15) is 6.33 Å². The molecule has 0 aliphatic carbocycles. The highest BCUT2D eigenvalue weighted by Crippen LogP contribution is 2.42. The SMILES string of the molecule is COc1cc(Sc2nc3c(N)ncnc3n2CCc2ccccc2)cc(OC)c1OC. The molecule has 0 atom stereocenters. The Balaban J connectivity index is 1.74. The van der Waals surface area contributed by atoms with Crippen LogP contribution in [0.2, 0.25) is 0 Å². The zero-order valence-corrected chi connectivity index (χ0v) is 18.3. The van der Waals surface area contributed by atoms with E-state index in [9.17, 15) is 0 Å². The fraction of sp³-hybridized carbons (Fsp3) is 0.227. The number of nitrogens with two attached hydrogens (primary N) is 1. The van der Waals surface area contributed by atoms with Gasteiger partial charge in [0.25, 0.3) is 0 Å². The molecule has 2 heterocycles. The minimum Gasteiger partial charge on any atom is -0.493 e. The van der Waals surface area contributed by atoms with Gasteiger partial charge in [-0.05, 0) is 24.1 Å². The van der Waals surface area contributed by atoms with E-state index in [1.165, 1.54) is 23.7 Å². The Morgan fingerprint density at radius 3 is 2.32 bits per heavy atom. The number of rotatable bonds is 8. The van der Waals surface area contributed by atoms with Gasteiger partial charge in [-0.15, -0.1) is 0 Å². The maximum absolute atomic E-state index is 6.08. The Labute approximate surface area is 184 Å². The number of ether oxygens (including phenoxy) is 3. The minimum atomic E-state index is 0.357. The van der Waals surface area contributed by atoms with Gasteiger partial charge in [0, 0.05) is 11.4 Å². The van der Waals surface area contributed by atoms with Crippen LogP contribution in [-0.4, -0.2) is 40.8 Å². The lowest BCUT2D eigenvalue weighted by Gasteiger charge is -2.14. The topological polar surface area (TPSA) is 97.3 Å². The van der Waals surface area contributed by atoms with Crippen molar-refractivity contribution in [1.29, 1.82) is 0 Å². The monoisotopic (exact) mass is 437 g/mol. The molecule has 2 N–H and O–H groups in total. The number of anilines is 1. The number of nitrogen functional groups attached to an aromatic ring is 1. The van der Waals surface area contributed by atoms with Crippen LogP contribution < -0.4 is 19.9 Å². The highest BCUT2D eigenvalue weighted by atomic mass is 32.2. The summed E-state index contributed by atoms with van der Waals surface area (Å²) in [5.41, 5.74) is 8.60. The van der Waals surface area contributed by atoms with Crippen molar-refractivity contribution in [3.8, 4) is 17.2 Å². The number of hydrogen-bond donors (Lipinski definition) is 1. The van der Waals surface area contributed by atoms with Crippen LogP contribution >= 0.6 is 11.8 Å². The summed E-state index contributed by atoms with van der Waals surface area (Å²) in [6, 6.07) is 14.1. The van der Waals surface area contributed by atoms with E-state index < -0.39 is 0 Å². The molecule has 4 aromatic rings. The molecule has 160 valence electrons. The average molecular weight is 438 g/mol. The van der Waals surface area contributed by atoms with Crippen LogP contribution in [0.4, 0.5) is 5.82 Å².